The van der Waals surface area contributed by atoms with Crippen LogP contribution in [0.25, 0.3) is 5.70 Å². The highest BCUT2D eigenvalue weighted by atomic mass is 16.7. The van der Waals surface area contributed by atoms with Crippen molar-refractivity contribution in [2.75, 3.05) is 13.2 Å². The summed E-state index contributed by atoms with van der Waals surface area (Å²) in [6, 6.07) is 25.5. The average Bonchev–Trinajstić information content (AvgIpc) is 3.28. The molecule has 0 saturated carbocycles. The lowest BCUT2D eigenvalue weighted by molar-refractivity contribution is -0.0764. The fourth-order valence-electron chi connectivity index (χ4n) is 3.47. The Labute approximate surface area is 187 Å². The second-order valence-corrected chi connectivity index (χ2v) is 7.67. The number of aliphatic hydroxyl groups is 2. The van der Waals surface area contributed by atoms with Crippen molar-refractivity contribution in [2.45, 2.75) is 25.2 Å². The molecule has 166 valence electrons. The Kier molecular flexibility index (Phi) is 7.07. The molecular formula is C26H27NO5. The van der Waals surface area contributed by atoms with Gasteiger partial charge in [0.2, 0.25) is 0 Å². The van der Waals surface area contributed by atoms with Crippen LogP contribution >= 0.6 is 0 Å². The normalized spacial score (nSPS) is 17.5. The van der Waals surface area contributed by atoms with E-state index in [4.69, 9.17) is 14.3 Å². The highest BCUT2D eigenvalue weighted by Crippen LogP contribution is 2.35. The molecule has 0 fully saturated rings. The molecule has 0 saturated heterocycles. The largest absolute Gasteiger partial charge is 0.485 e. The first-order valence-corrected chi connectivity index (χ1v) is 10.6. The molecule has 6 heteroatoms. The van der Waals surface area contributed by atoms with Crippen molar-refractivity contribution >= 4 is 5.70 Å². The molecule has 1 aliphatic heterocycles. The minimum atomic E-state index is -0.947. The number of hydrogen-bond donors (Lipinski definition) is 3. The zero-order valence-electron chi connectivity index (χ0n) is 17.7. The molecule has 6 nitrogen and oxygen atoms in total. The van der Waals surface area contributed by atoms with Crippen LogP contribution in [0.1, 0.15) is 23.1 Å². The third-order valence-electron chi connectivity index (χ3n) is 5.30. The molecule has 1 atom stereocenters. The second-order valence-electron chi connectivity index (χ2n) is 7.67. The Morgan fingerprint density at radius 1 is 0.781 bits per heavy atom. The van der Waals surface area contributed by atoms with Crippen LogP contribution in [-0.4, -0.2) is 29.0 Å². The van der Waals surface area contributed by atoms with E-state index >= 15 is 0 Å². The van der Waals surface area contributed by atoms with Crippen LogP contribution in [0.4, 0.5) is 0 Å². The van der Waals surface area contributed by atoms with E-state index < -0.39 is 5.60 Å². The van der Waals surface area contributed by atoms with E-state index in [2.05, 4.69) is 5.48 Å². The van der Waals surface area contributed by atoms with Gasteiger partial charge in [0.05, 0.1) is 12.3 Å². The van der Waals surface area contributed by atoms with Crippen molar-refractivity contribution in [2.24, 2.45) is 0 Å². The van der Waals surface area contributed by atoms with E-state index in [1.54, 1.807) is 6.08 Å². The van der Waals surface area contributed by atoms with Gasteiger partial charge < -0.3 is 19.7 Å². The average molecular weight is 434 g/mol. The van der Waals surface area contributed by atoms with E-state index in [-0.39, 0.29) is 19.6 Å². The zero-order valence-corrected chi connectivity index (χ0v) is 17.7. The number of hydrogen-bond acceptors (Lipinski definition) is 6. The quantitative estimate of drug-likeness (QED) is 0.451. The van der Waals surface area contributed by atoms with Gasteiger partial charge in [0.15, 0.2) is 11.5 Å². The summed E-state index contributed by atoms with van der Waals surface area (Å²) in [5.41, 5.74) is 5.57. The van der Waals surface area contributed by atoms with Crippen LogP contribution in [0.15, 0.2) is 84.9 Å². The maximum Gasteiger partial charge on any atom is 0.162 e. The second kappa shape index (κ2) is 10.3. The number of aliphatic hydroxyl groups excluding tert-OH is 2. The predicted molar refractivity (Wildman–Crippen MR) is 122 cm³/mol. The zero-order chi connectivity index (χ0) is 22.2. The van der Waals surface area contributed by atoms with Crippen LogP contribution in [0, 0.1) is 0 Å². The van der Waals surface area contributed by atoms with Gasteiger partial charge in [-0.25, -0.2) is 0 Å². The van der Waals surface area contributed by atoms with Gasteiger partial charge >= 0.3 is 0 Å². The van der Waals surface area contributed by atoms with Gasteiger partial charge in [-0.15, -0.1) is 0 Å². The Hall–Kier alpha value is -3.32. The van der Waals surface area contributed by atoms with E-state index in [1.807, 2.05) is 78.9 Å². The lowest BCUT2D eigenvalue weighted by Crippen LogP contribution is -2.34. The van der Waals surface area contributed by atoms with Crippen LogP contribution in [0.2, 0.25) is 0 Å². The Bertz CT molecular complexity index is 1040. The summed E-state index contributed by atoms with van der Waals surface area (Å²) in [6.07, 6.45) is 2.08. The van der Waals surface area contributed by atoms with Gasteiger partial charge in [-0.05, 0) is 35.4 Å². The smallest absolute Gasteiger partial charge is 0.162 e. The molecule has 0 radical (unpaired) electrons. The van der Waals surface area contributed by atoms with Gasteiger partial charge in [-0.2, -0.15) is 0 Å². The maximum absolute atomic E-state index is 9.73. The summed E-state index contributed by atoms with van der Waals surface area (Å²) in [5, 5.41) is 19.0. The standard InChI is InChI=1S/C26H27NO5/c28-14-13-26(19-29)16-23(27-32-26)22-11-12-24(30-17-20-7-3-1-4-8-20)25(15-22)31-18-21-9-5-2-6-10-21/h1-12,15-16,27-29H,13-14,17-19H2. The molecule has 3 N–H and O–H groups in total. The summed E-state index contributed by atoms with van der Waals surface area (Å²) in [4.78, 5) is 5.58. The van der Waals surface area contributed by atoms with Crippen molar-refractivity contribution in [3.05, 3.63) is 102 Å². The summed E-state index contributed by atoms with van der Waals surface area (Å²) >= 11 is 0. The number of benzene rings is 3. The summed E-state index contributed by atoms with van der Waals surface area (Å²) < 4.78 is 12.2. The molecule has 0 aliphatic carbocycles. The molecule has 1 aliphatic rings. The van der Waals surface area contributed by atoms with Crippen LogP contribution in [0.5, 0.6) is 11.5 Å². The molecule has 0 aromatic heterocycles. The van der Waals surface area contributed by atoms with Crippen molar-refractivity contribution in [3.8, 4) is 11.5 Å². The highest BCUT2D eigenvalue weighted by Gasteiger charge is 2.34. The SMILES string of the molecule is OCCC1(CO)C=C(c2ccc(OCc3ccccc3)c(OCc3ccccc3)c2)NO1. The molecule has 1 heterocycles. The van der Waals surface area contributed by atoms with Gasteiger partial charge in [0.1, 0.15) is 18.8 Å². The molecule has 3 aromatic rings. The van der Waals surface area contributed by atoms with Gasteiger partial charge in [-0.3, -0.25) is 10.3 Å². The van der Waals surface area contributed by atoms with E-state index in [0.29, 0.717) is 30.4 Å². The molecule has 3 aromatic carbocycles. The summed E-state index contributed by atoms with van der Waals surface area (Å²) in [5.74, 6) is 1.24. The lowest BCUT2D eigenvalue weighted by atomic mass is 9.99. The van der Waals surface area contributed by atoms with E-state index in [0.717, 1.165) is 16.7 Å². The number of hydroxylamine groups is 1. The molecule has 4 rings (SSSR count). The molecule has 32 heavy (non-hydrogen) atoms. The number of rotatable bonds is 10. The highest BCUT2D eigenvalue weighted by molar-refractivity contribution is 5.68. The predicted octanol–water partition coefficient (Wildman–Crippen LogP) is 3.83. The first kappa shape index (κ1) is 21.9. The first-order valence-electron chi connectivity index (χ1n) is 10.6. The molecule has 0 bridgehead atoms. The van der Waals surface area contributed by atoms with Crippen molar-refractivity contribution < 1.29 is 24.5 Å². The van der Waals surface area contributed by atoms with Crippen molar-refractivity contribution in [1.29, 1.82) is 0 Å². The maximum atomic E-state index is 9.73. The van der Waals surface area contributed by atoms with E-state index in [1.165, 1.54) is 0 Å². The van der Waals surface area contributed by atoms with Gasteiger partial charge in [-0.1, -0.05) is 60.7 Å². The third kappa shape index (κ3) is 5.29. The molecule has 0 spiro atoms. The Morgan fingerprint density at radius 3 is 2.00 bits per heavy atom. The van der Waals surface area contributed by atoms with Gasteiger partial charge in [0, 0.05) is 18.6 Å². The van der Waals surface area contributed by atoms with Crippen molar-refractivity contribution in [1.82, 2.24) is 5.48 Å². The minimum absolute atomic E-state index is 0.0935. The lowest BCUT2D eigenvalue weighted by Gasteiger charge is -2.21. The summed E-state index contributed by atoms with van der Waals surface area (Å²) in [7, 11) is 0. The minimum Gasteiger partial charge on any atom is -0.485 e. The third-order valence-corrected chi connectivity index (χ3v) is 5.30. The first-order chi connectivity index (χ1) is 15.7. The fraction of sp³-hybridized carbons (Fsp3) is 0.231. The van der Waals surface area contributed by atoms with Crippen LogP contribution in [-0.2, 0) is 18.1 Å². The van der Waals surface area contributed by atoms with E-state index in [9.17, 15) is 10.2 Å². The summed E-state index contributed by atoms with van der Waals surface area (Å²) in [6.45, 7) is 0.500. The number of ether oxygens (including phenoxy) is 2. The topological polar surface area (TPSA) is 80.2 Å². The monoisotopic (exact) mass is 433 g/mol. The fourth-order valence-corrected chi connectivity index (χ4v) is 3.47. The molecule has 0 amide bonds. The number of nitrogens with one attached hydrogen (secondary N) is 1. The van der Waals surface area contributed by atoms with Gasteiger partial charge in [0.25, 0.3) is 0 Å². The Morgan fingerprint density at radius 2 is 1.41 bits per heavy atom. The van der Waals surface area contributed by atoms with Crippen molar-refractivity contribution in [3.63, 3.8) is 0 Å². The van der Waals surface area contributed by atoms with Crippen LogP contribution < -0.4 is 15.0 Å². The Balaban J connectivity index is 1.58. The molecular weight excluding hydrogens is 406 g/mol. The van der Waals surface area contributed by atoms with Crippen LogP contribution in [0.3, 0.4) is 0 Å². The molecule has 1 unspecified atom stereocenters.